The highest BCUT2D eigenvalue weighted by Crippen LogP contribution is 2.17. The maximum Gasteiger partial charge on any atom is 0.305 e. The molecule has 0 heterocycles. The Bertz CT molecular complexity index is 970. The molecule has 0 rings (SSSR count). The van der Waals surface area contributed by atoms with Gasteiger partial charge in [0.25, 0.3) is 0 Å². The minimum atomic E-state index is -0.667. The van der Waals surface area contributed by atoms with Crippen LogP contribution in [0, 0.1) is 0 Å². The van der Waals surface area contributed by atoms with Gasteiger partial charge in [0.05, 0.1) is 25.4 Å². The zero-order valence-electron chi connectivity index (χ0n) is 44.0. The van der Waals surface area contributed by atoms with Crippen molar-refractivity contribution in [1.29, 1.82) is 0 Å². The highest BCUT2D eigenvalue weighted by atomic mass is 16.5. The Morgan fingerprint density at radius 1 is 0.415 bits per heavy atom. The molecule has 386 valence electrons. The summed E-state index contributed by atoms with van der Waals surface area (Å²) in [6.07, 6.45) is 64.9. The van der Waals surface area contributed by atoms with Gasteiger partial charge in [-0.25, -0.2) is 0 Å². The fourth-order valence-corrected chi connectivity index (χ4v) is 9.28. The molecule has 3 N–H and O–H groups in total. The number of unbranched alkanes of at least 4 members (excludes halogenated alkanes) is 42. The van der Waals surface area contributed by atoms with Gasteiger partial charge in [-0.15, -0.1) is 0 Å². The molecule has 0 saturated carbocycles. The average molecular weight is 919 g/mol. The highest BCUT2D eigenvalue weighted by Gasteiger charge is 2.20. The van der Waals surface area contributed by atoms with Gasteiger partial charge in [-0.3, -0.25) is 9.59 Å². The molecule has 0 saturated heterocycles. The van der Waals surface area contributed by atoms with E-state index in [0.717, 1.165) is 44.9 Å². The first-order valence-corrected chi connectivity index (χ1v) is 29.4. The number of aliphatic hydroxyl groups is 2. The van der Waals surface area contributed by atoms with Gasteiger partial charge in [-0.05, 0) is 51.4 Å². The number of rotatable bonds is 55. The van der Waals surface area contributed by atoms with E-state index >= 15 is 0 Å². The molecule has 6 heteroatoms. The number of allylic oxidation sites excluding steroid dienone is 2. The maximum atomic E-state index is 12.5. The van der Waals surface area contributed by atoms with Crippen molar-refractivity contribution >= 4 is 11.9 Å². The topological polar surface area (TPSA) is 95.9 Å². The van der Waals surface area contributed by atoms with Crippen LogP contribution in [-0.2, 0) is 14.3 Å². The Morgan fingerprint density at radius 3 is 1.09 bits per heavy atom. The largest absolute Gasteiger partial charge is 0.466 e. The third-order valence-electron chi connectivity index (χ3n) is 13.8. The number of hydrogen-bond donors (Lipinski definition) is 3. The highest BCUT2D eigenvalue weighted by molar-refractivity contribution is 5.76. The smallest absolute Gasteiger partial charge is 0.305 e. The Hall–Kier alpha value is -1.40. The Kier molecular flexibility index (Phi) is 54.0. The van der Waals surface area contributed by atoms with Crippen LogP contribution in [0.4, 0.5) is 0 Å². The maximum absolute atomic E-state index is 12.5. The summed E-state index contributed by atoms with van der Waals surface area (Å²) in [6, 6.07) is -0.545. The second-order valence-corrected chi connectivity index (χ2v) is 20.3. The van der Waals surface area contributed by atoms with E-state index in [2.05, 4.69) is 31.3 Å². The molecule has 0 aromatic carbocycles. The second kappa shape index (κ2) is 55.2. The van der Waals surface area contributed by atoms with Gasteiger partial charge in [0.2, 0.25) is 5.91 Å². The van der Waals surface area contributed by atoms with E-state index in [-0.39, 0.29) is 18.5 Å². The van der Waals surface area contributed by atoms with Crippen molar-refractivity contribution in [3.05, 3.63) is 12.2 Å². The Morgan fingerprint density at radius 2 is 0.723 bits per heavy atom. The minimum absolute atomic E-state index is 0.00338. The molecule has 0 aromatic heterocycles. The molecule has 0 bridgehead atoms. The Labute approximate surface area is 406 Å². The minimum Gasteiger partial charge on any atom is -0.466 e. The number of hydrogen-bond acceptors (Lipinski definition) is 5. The first-order valence-electron chi connectivity index (χ1n) is 29.4. The van der Waals surface area contributed by atoms with E-state index in [4.69, 9.17) is 4.74 Å². The van der Waals surface area contributed by atoms with E-state index in [1.54, 1.807) is 0 Å². The molecule has 0 fully saturated rings. The summed E-state index contributed by atoms with van der Waals surface area (Å²) in [5.74, 6) is -0.0370. The van der Waals surface area contributed by atoms with E-state index in [9.17, 15) is 19.8 Å². The van der Waals surface area contributed by atoms with Gasteiger partial charge >= 0.3 is 5.97 Å². The van der Waals surface area contributed by atoms with Gasteiger partial charge < -0.3 is 20.3 Å². The molecule has 0 aliphatic heterocycles. The zero-order chi connectivity index (χ0) is 47.2. The summed E-state index contributed by atoms with van der Waals surface area (Å²) in [7, 11) is 0. The number of carbonyl (C=O) groups excluding carboxylic acids is 2. The van der Waals surface area contributed by atoms with Crippen molar-refractivity contribution in [2.75, 3.05) is 13.2 Å². The lowest BCUT2D eigenvalue weighted by atomic mass is 10.0. The van der Waals surface area contributed by atoms with E-state index in [1.807, 2.05) is 0 Å². The van der Waals surface area contributed by atoms with Crippen LogP contribution in [0.2, 0.25) is 0 Å². The second-order valence-electron chi connectivity index (χ2n) is 20.3. The summed E-state index contributed by atoms with van der Waals surface area (Å²) in [6.45, 7) is 4.95. The number of ether oxygens (including phenoxy) is 1. The van der Waals surface area contributed by atoms with Gasteiger partial charge in [0, 0.05) is 12.8 Å². The molecule has 0 radical (unpaired) electrons. The van der Waals surface area contributed by atoms with E-state index < -0.39 is 12.1 Å². The summed E-state index contributed by atoms with van der Waals surface area (Å²) in [4.78, 5) is 24.5. The number of aliphatic hydroxyl groups excluding tert-OH is 2. The lowest BCUT2D eigenvalue weighted by Gasteiger charge is -2.22. The number of amides is 1. The molecule has 0 aromatic rings. The van der Waals surface area contributed by atoms with Gasteiger partial charge in [0.15, 0.2) is 0 Å². The van der Waals surface area contributed by atoms with Crippen molar-refractivity contribution in [2.45, 2.75) is 341 Å². The Balaban J connectivity index is 3.39. The number of nitrogens with one attached hydrogen (secondary N) is 1. The van der Waals surface area contributed by atoms with Crippen LogP contribution in [0.25, 0.3) is 0 Å². The van der Waals surface area contributed by atoms with Crippen LogP contribution < -0.4 is 5.32 Å². The first-order chi connectivity index (χ1) is 32.0. The summed E-state index contributed by atoms with van der Waals surface area (Å²) in [5.41, 5.74) is 0. The van der Waals surface area contributed by atoms with Crippen molar-refractivity contribution in [2.24, 2.45) is 0 Å². The fourth-order valence-electron chi connectivity index (χ4n) is 9.28. The van der Waals surface area contributed by atoms with E-state index in [0.29, 0.717) is 25.9 Å². The fraction of sp³-hybridized carbons (Fsp3) is 0.932. The summed E-state index contributed by atoms with van der Waals surface area (Å²) >= 11 is 0. The predicted octanol–water partition coefficient (Wildman–Crippen LogP) is 18.1. The van der Waals surface area contributed by atoms with Crippen molar-refractivity contribution in [3.8, 4) is 0 Å². The SMILES string of the molecule is CCCCCCCC/C=C\CCCCCCCCCCCC(=O)OCCCCCCCCCCCCCCCCCCC(=O)NC(CO)C(O)CCCCCCCCCCCCCCC. The zero-order valence-corrected chi connectivity index (χ0v) is 44.0. The van der Waals surface area contributed by atoms with Crippen molar-refractivity contribution < 1.29 is 24.5 Å². The molecule has 65 heavy (non-hydrogen) atoms. The molecule has 0 aliphatic carbocycles. The van der Waals surface area contributed by atoms with Crippen LogP contribution in [0.15, 0.2) is 12.2 Å². The predicted molar refractivity (Wildman–Crippen MR) is 283 cm³/mol. The summed E-state index contributed by atoms with van der Waals surface area (Å²) < 4.78 is 5.49. The van der Waals surface area contributed by atoms with Crippen LogP contribution >= 0.6 is 0 Å². The first kappa shape index (κ1) is 63.6. The lowest BCUT2D eigenvalue weighted by Crippen LogP contribution is -2.45. The van der Waals surface area contributed by atoms with Gasteiger partial charge in [0.1, 0.15) is 0 Å². The number of esters is 1. The van der Waals surface area contributed by atoms with Crippen LogP contribution in [0.5, 0.6) is 0 Å². The number of carbonyl (C=O) groups is 2. The normalized spacial score (nSPS) is 12.6. The third kappa shape index (κ3) is 51.8. The van der Waals surface area contributed by atoms with Gasteiger partial charge in [-0.1, -0.05) is 276 Å². The van der Waals surface area contributed by atoms with E-state index in [1.165, 1.54) is 250 Å². The molecule has 2 unspecified atom stereocenters. The quantitative estimate of drug-likeness (QED) is 0.0321. The summed E-state index contributed by atoms with van der Waals surface area (Å²) in [5, 5.41) is 23.2. The lowest BCUT2D eigenvalue weighted by molar-refractivity contribution is -0.143. The molecule has 0 spiro atoms. The molecule has 6 nitrogen and oxygen atoms in total. The van der Waals surface area contributed by atoms with Crippen LogP contribution in [0.1, 0.15) is 328 Å². The molecule has 1 amide bonds. The molecule has 0 aliphatic rings. The molecule has 2 atom stereocenters. The third-order valence-corrected chi connectivity index (χ3v) is 13.8. The monoisotopic (exact) mass is 918 g/mol. The van der Waals surface area contributed by atoms with Crippen molar-refractivity contribution in [3.63, 3.8) is 0 Å². The van der Waals surface area contributed by atoms with Crippen LogP contribution in [-0.4, -0.2) is 47.4 Å². The standard InChI is InChI=1S/C59H115NO5/c1-3-5-7-9-11-13-15-17-18-19-20-21-25-29-33-37-41-45-49-53-59(64)65-54-50-46-42-38-34-30-26-23-22-24-28-32-36-40-44-48-52-58(63)60-56(55-61)57(62)51-47-43-39-35-31-27-16-14-12-10-8-6-4-2/h17-18,56-57,61-62H,3-16,19-55H2,1-2H3,(H,60,63)/b18-17-. The van der Waals surface area contributed by atoms with Crippen LogP contribution in [0.3, 0.4) is 0 Å². The average Bonchev–Trinajstić information content (AvgIpc) is 3.31. The van der Waals surface area contributed by atoms with Gasteiger partial charge in [-0.2, -0.15) is 0 Å². The molecular weight excluding hydrogens is 803 g/mol. The van der Waals surface area contributed by atoms with Crippen molar-refractivity contribution in [1.82, 2.24) is 5.32 Å². The molecular formula is C59H115NO5.